The summed E-state index contributed by atoms with van der Waals surface area (Å²) in [4.78, 5) is 19.0. The van der Waals surface area contributed by atoms with Crippen LogP contribution in [-0.4, -0.2) is 54.1 Å². The maximum absolute atomic E-state index is 12.3. The molecule has 3 heterocycles. The van der Waals surface area contributed by atoms with E-state index in [1.807, 2.05) is 18.2 Å². The van der Waals surface area contributed by atoms with Gasteiger partial charge in [0, 0.05) is 13.2 Å². The molecule has 1 fully saturated rings. The van der Waals surface area contributed by atoms with Crippen molar-refractivity contribution in [3.63, 3.8) is 0 Å². The van der Waals surface area contributed by atoms with Crippen molar-refractivity contribution < 1.29 is 19.0 Å². The van der Waals surface area contributed by atoms with Gasteiger partial charge >= 0.3 is 5.97 Å². The maximum Gasteiger partial charge on any atom is 0.345 e. The number of aromatic nitrogens is 3. The smallest absolute Gasteiger partial charge is 0.345 e. The van der Waals surface area contributed by atoms with Crippen LogP contribution in [0.4, 0.5) is 5.13 Å². The number of hydrogen-bond donors (Lipinski definition) is 0. The molecule has 8 nitrogen and oxygen atoms in total. The predicted octanol–water partition coefficient (Wildman–Crippen LogP) is 2.09. The summed E-state index contributed by atoms with van der Waals surface area (Å²) in [6, 6.07) is 5.86. The number of methoxy groups -OCH3 is 2. The minimum atomic E-state index is -0.425. The SMILES string of the molecule is COc1nn(C)cc1C(=O)OC1CN(c2nc3c(OC)cccc3s2)C1. The van der Waals surface area contributed by atoms with Gasteiger partial charge in [-0.1, -0.05) is 17.4 Å². The highest BCUT2D eigenvalue weighted by Crippen LogP contribution is 2.36. The number of carbonyl (C=O) groups is 1. The number of hydrogen-bond acceptors (Lipinski definition) is 8. The van der Waals surface area contributed by atoms with Gasteiger partial charge in [-0.25, -0.2) is 9.78 Å². The van der Waals surface area contributed by atoms with Gasteiger partial charge in [0.15, 0.2) is 5.13 Å². The van der Waals surface area contributed by atoms with E-state index in [0.717, 1.165) is 21.1 Å². The van der Waals surface area contributed by atoms with Crippen LogP contribution in [0.25, 0.3) is 10.2 Å². The Morgan fingerprint density at radius 3 is 2.81 bits per heavy atom. The summed E-state index contributed by atoms with van der Waals surface area (Å²) in [7, 11) is 4.84. The monoisotopic (exact) mass is 374 g/mol. The zero-order valence-electron chi connectivity index (χ0n) is 14.6. The number of aryl methyl sites for hydroxylation is 1. The van der Waals surface area contributed by atoms with Gasteiger partial charge in [0.05, 0.1) is 32.0 Å². The normalized spacial score (nSPS) is 14.3. The van der Waals surface area contributed by atoms with Crippen molar-refractivity contribution in [3.05, 3.63) is 30.0 Å². The molecule has 26 heavy (non-hydrogen) atoms. The lowest BCUT2D eigenvalue weighted by Crippen LogP contribution is -2.53. The van der Waals surface area contributed by atoms with Crippen LogP contribution in [0.15, 0.2) is 24.4 Å². The average Bonchev–Trinajstić information content (AvgIpc) is 3.19. The molecule has 4 rings (SSSR count). The van der Waals surface area contributed by atoms with Crippen LogP contribution in [0, 0.1) is 0 Å². The van der Waals surface area contributed by atoms with E-state index in [2.05, 4.69) is 15.0 Å². The van der Waals surface area contributed by atoms with Gasteiger partial charge in [-0.15, -0.1) is 5.10 Å². The number of rotatable bonds is 5. The quantitative estimate of drug-likeness (QED) is 0.633. The number of fused-ring (bicyclic) bond motifs is 1. The van der Waals surface area contributed by atoms with E-state index in [9.17, 15) is 4.79 Å². The van der Waals surface area contributed by atoms with Crippen LogP contribution in [0.3, 0.4) is 0 Å². The first-order chi connectivity index (χ1) is 12.6. The highest BCUT2D eigenvalue weighted by Gasteiger charge is 2.33. The van der Waals surface area contributed by atoms with E-state index in [1.165, 1.54) is 11.8 Å². The number of esters is 1. The Morgan fingerprint density at radius 2 is 2.08 bits per heavy atom. The van der Waals surface area contributed by atoms with Crippen molar-refractivity contribution in [1.82, 2.24) is 14.8 Å². The molecule has 0 unspecified atom stereocenters. The highest BCUT2D eigenvalue weighted by atomic mass is 32.1. The number of carbonyl (C=O) groups excluding carboxylic acids is 1. The molecule has 0 amide bonds. The van der Waals surface area contributed by atoms with Gasteiger partial charge in [0.1, 0.15) is 22.9 Å². The van der Waals surface area contributed by atoms with Crippen LogP contribution < -0.4 is 14.4 Å². The van der Waals surface area contributed by atoms with Crippen LogP contribution >= 0.6 is 11.3 Å². The summed E-state index contributed by atoms with van der Waals surface area (Å²) in [5, 5.41) is 4.97. The Balaban J connectivity index is 1.42. The first-order valence-electron chi connectivity index (χ1n) is 8.06. The van der Waals surface area contributed by atoms with Crippen molar-refractivity contribution in [3.8, 4) is 11.6 Å². The fourth-order valence-electron chi connectivity index (χ4n) is 2.85. The molecule has 3 aromatic rings. The predicted molar refractivity (Wildman–Crippen MR) is 97.3 cm³/mol. The molecule has 0 saturated carbocycles. The Bertz CT molecular complexity index is 961. The molecular formula is C17H18N4O4S. The molecule has 0 radical (unpaired) electrons. The van der Waals surface area contributed by atoms with Gasteiger partial charge in [-0.05, 0) is 12.1 Å². The van der Waals surface area contributed by atoms with Crippen molar-refractivity contribution in [2.75, 3.05) is 32.2 Å². The second kappa shape index (κ2) is 6.49. The van der Waals surface area contributed by atoms with Crippen LogP contribution in [-0.2, 0) is 11.8 Å². The van der Waals surface area contributed by atoms with Crippen molar-refractivity contribution in [1.29, 1.82) is 0 Å². The van der Waals surface area contributed by atoms with E-state index in [0.29, 0.717) is 18.7 Å². The molecule has 2 aromatic heterocycles. The van der Waals surface area contributed by atoms with Gasteiger partial charge in [0.2, 0.25) is 5.88 Å². The van der Waals surface area contributed by atoms with E-state index in [4.69, 9.17) is 14.2 Å². The Hall–Kier alpha value is -2.81. The Morgan fingerprint density at radius 1 is 1.27 bits per heavy atom. The molecule has 0 spiro atoms. The zero-order chi connectivity index (χ0) is 18.3. The second-order valence-corrected chi connectivity index (χ2v) is 6.97. The summed E-state index contributed by atoms with van der Waals surface area (Å²) in [6.07, 6.45) is 1.42. The van der Waals surface area contributed by atoms with Crippen molar-refractivity contribution >= 4 is 32.7 Å². The first kappa shape index (κ1) is 16.6. The molecule has 136 valence electrons. The summed E-state index contributed by atoms with van der Waals surface area (Å²) in [6.45, 7) is 1.22. The fraction of sp³-hybridized carbons (Fsp3) is 0.353. The minimum absolute atomic E-state index is 0.179. The van der Waals surface area contributed by atoms with Gasteiger partial charge in [-0.3, -0.25) is 4.68 Å². The van der Waals surface area contributed by atoms with E-state index in [-0.39, 0.29) is 12.0 Å². The molecule has 1 aliphatic rings. The molecule has 0 bridgehead atoms. The molecule has 0 N–H and O–H groups in total. The van der Waals surface area contributed by atoms with Crippen molar-refractivity contribution in [2.24, 2.45) is 7.05 Å². The second-order valence-electron chi connectivity index (χ2n) is 5.96. The lowest BCUT2D eigenvalue weighted by Gasteiger charge is -2.38. The Labute approximate surface area is 153 Å². The van der Waals surface area contributed by atoms with Gasteiger partial charge in [-0.2, -0.15) is 0 Å². The molecule has 0 aliphatic carbocycles. The standard InChI is InChI=1S/C17H18N4O4S/c1-20-9-11(15(19-20)24-3)16(22)25-10-7-21(8-10)17-18-14-12(23-2)5-4-6-13(14)26-17/h4-6,9-10H,7-8H2,1-3H3. The number of anilines is 1. The third kappa shape index (κ3) is 2.84. The lowest BCUT2D eigenvalue weighted by molar-refractivity contribution is 0.0231. The molecule has 1 saturated heterocycles. The number of ether oxygens (including phenoxy) is 3. The number of benzene rings is 1. The maximum atomic E-state index is 12.3. The summed E-state index contributed by atoms with van der Waals surface area (Å²) in [5.74, 6) is 0.606. The molecule has 0 atom stereocenters. The topological polar surface area (TPSA) is 78.7 Å². The number of para-hydroxylation sites is 1. The highest BCUT2D eigenvalue weighted by molar-refractivity contribution is 7.22. The van der Waals surface area contributed by atoms with Crippen LogP contribution in [0.1, 0.15) is 10.4 Å². The third-order valence-electron chi connectivity index (χ3n) is 4.19. The summed E-state index contributed by atoms with van der Waals surface area (Å²) >= 11 is 1.60. The Kier molecular flexibility index (Phi) is 4.15. The lowest BCUT2D eigenvalue weighted by atomic mass is 10.2. The molecule has 9 heteroatoms. The van der Waals surface area contributed by atoms with E-state index in [1.54, 1.807) is 31.7 Å². The largest absolute Gasteiger partial charge is 0.494 e. The molecule has 1 aliphatic heterocycles. The summed E-state index contributed by atoms with van der Waals surface area (Å²) in [5.41, 5.74) is 1.19. The summed E-state index contributed by atoms with van der Waals surface area (Å²) < 4.78 is 18.6. The first-order valence-corrected chi connectivity index (χ1v) is 8.87. The van der Waals surface area contributed by atoms with Crippen LogP contribution in [0.2, 0.25) is 0 Å². The van der Waals surface area contributed by atoms with Gasteiger partial charge in [0.25, 0.3) is 0 Å². The average molecular weight is 374 g/mol. The van der Waals surface area contributed by atoms with Gasteiger partial charge < -0.3 is 19.1 Å². The zero-order valence-corrected chi connectivity index (χ0v) is 15.4. The van der Waals surface area contributed by atoms with E-state index >= 15 is 0 Å². The van der Waals surface area contributed by atoms with E-state index < -0.39 is 5.97 Å². The molecule has 1 aromatic carbocycles. The van der Waals surface area contributed by atoms with Crippen LogP contribution in [0.5, 0.6) is 11.6 Å². The third-order valence-corrected chi connectivity index (χ3v) is 5.27. The molecular weight excluding hydrogens is 356 g/mol. The number of thiazole rings is 1. The van der Waals surface area contributed by atoms with Crippen molar-refractivity contribution in [2.45, 2.75) is 6.10 Å². The number of nitrogens with zero attached hydrogens (tertiary/aromatic N) is 4. The minimum Gasteiger partial charge on any atom is -0.494 e. The fourth-order valence-corrected chi connectivity index (χ4v) is 3.86.